The van der Waals surface area contributed by atoms with Gasteiger partial charge in [0.1, 0.15) is 5.60 Å². The fourth-order valence-electron chi connectivity index (χ4n) is 2.45. The van der Waals surface area contributed by atoms with Crippen LogP contribution < -0.4 is 11.1 Å². The van der Waals surface area contributed by atoms with Crippen molar-refractivity contribution in [3.8, 4) is 0 Å². The van der Waals surface area contributed by atoms with E-state index in [9.17, 15) is 4.79 Å². The first-order valence-corrected chi connectivity index (χ1v) is 7.43. The number of hydrogen-bond acceptors (Lipinski definition) is 3. The summed E-state index contributed by atoms with van der Waals surface area (Å²) in [4.78, 5) is 11.8. The molecule has 1 aliphatic rings. The Kier molecular flexibility index (Phi) is 3.79. The number of anilines is 1. The van der Waals surface area contributed by atoms with Crippen LogP contribution in [0.2, 0.25) is 0 Å². The molecular formula is C17H26N2O2. The maximum absolute atomic E-state index is 11.8. The van der Waals surface area contributed by atoms with Crippen LogP contribution in [0.15, 0.2) is 24.3 Å². The number of rotatable bonds is 3. The summed E-state index contributed by atoms with van der Waals surface area (Å²) in [5, 5.41) is 2.78. The van der Waals surface area contributed by atoms with Crippen LogP contribution in [0.4, 0.5) is 10.5 Å². The van der Waals surface area contributed by atoms with Crippen molar-refractivity contribution in [2.75, 3.05) is 5.32 Å². The molecule has 0 radical (unpaired) electrons. The zero-order valence-electron chi connectivity index (χ0n) is 13.6. The Balaban J connectivity index is 2.13. The van der Waals surface area contributed by atoms with Crippen molar-refractivity contribution in [2.45, 2.75) is 64.0 Å². The molecule has 1 fully saturated rings. The number of nitrogens with two attached hydrogens (primary N) is 1. The van der Waals surface area contributed by atoms with Crippen molar-refractivity contribution >= 4 is 11.8 Å². The van der Waals surface area contributed by atoms with E-state index in [0.29, 0.717) is 0 Å². The highest BCUT2D eigenvalue weighted by Gasteiger charge is 2.51. The molecule has 0 aromatic heterocycles. The van der Waals surface area contributed by atoms with E-state index in [-0.39, 0.29) is 11.0 Å². The summed E-state index contributed by atoms with van der Waals surface area (Å²) in [5.41, 5.74) is 7.51. The normalized spacial score (nSPS) is 17.2. The third-order valence-electron chi connectivity index (χ3n) is 4.26. The molecule has 0 atom stereocenters. The van der Waals surface area contributed by atoms with Gasteiger partial charge in [-0.2, -0.15) is 0 Å². The molecule has 1 amide bonds. The van der Waals surface area contributed by atoms with E-state index in [1.165, 1.54) is 0 Å². The van der Waals surface area contributed by atoms with E-state index in [1.54, 1.807) is 0 Å². The predicted octanol–water partition coefficient (Wildman–Crippen LogP) is 3.80. The molecule has 0 spiro atoms. The Morgan fingerprint density at radius 3 is 2.38 bits per heavy atom. The fourth-order valence-corrected chi connectivity index (χ4v) is 2.45. The first kappa shape index (κ1) is 15.8. The number of hydrogen-bond donors (Lipinski definition) is 2. The van der Waals surface area contributed by atoms with Gasteiger partial charge < -0.3 is 10.5 Å². The Hall–Kier alpha value is -1.55. The average molecular weight is 290 g/mol. The summed E-state index contributed by atoms with van der Waals surface area (Å²) < 4.78 is 5.27. The zero-order valence-corrected chi connectivity index (χ0v) is 13.6. The van der Waals surface area contributed by atoms with Crippen molar-refractivity contribution < 1.29 is 9.53 Å². The molecule has 21 heavy (non-hydrogen) atoms. The van der Waals surface area contributed by atoms with Crippen molar-refractivity contribution in [3.05, 3.63) is 29.8 Å². The number of carbonyl (C=O) groups is 1. The van der Waals surface area contributed by atoms with E-state index in [2.05, 4.69) is 25.2 Å². The van der Waals surface area contributed by atoms with E-state index in [4.69, 9.17) is 10.5 Å². The van der Waals surface area contributed by atoms with Crippen molar-refractivity contribution in [1.29, 1.82) is 0 Å². The first-order valence-electron chi connectivity index (χ1n) is 7.43. The zero-order chi connectivity index (χ0) is 15.9. The highest BCUT2D eigenvalue weighted by atomic mass is 16.6. The summed E-state index contributed by atoms with van der Waals surface area (Å²) in [5.74, 6) is 0. The van der Waals surface area contributed by atoms with Crippen LogP contribution in [0, 0.1) is 0 Å². The molecule has 1 aromatic rings. The van der Waals surface area contributed by atoms with E-state index in [0.717, 1.165) is 24.1 Å². The van der Waals surface area contributed by atoms with Crippen LogP contribution in [0.5, 0.6) is 0 Å². The second kappa shape index (κ2) is 5.02. The smallest absolute Gasteiger partial charge is 0.412 e. The molecule has 1 aliphatic carbocycles. The van der Waals surface area contributed by atoms with Gasteiger partial charge in [-0.25, -0.2) is 4.79 Å². The van der Waals surface area contributed by atoms with Gasteiger partial charge in [-0.3, -0.25) is 5.32 Å². The molecule has 0 saturated heterocycles. The minimum Gasteiger partial charge on any atom is -0.444 e. The molecule has 3 N–H and O–H groups in total. The lowest BCUT2D eigenvalue weighted by Crippen LogP contribution is -2.43. The van der Waals surface area contributed by atoms with Crippen molar-refractivity contribution in [2.24, 2.45) is 5.73 Å². The lowest BCUT2D eigenvalue weighted by molar-refractivity contribution is 0.0636. The summed E-state index contributed by atoms with van der Waals surface area (Å²) in [6.45, 7) is 9.85. The third-order valence-corrected chi connectivity index (χ3v) is 4.26. The van der Waals surface area contributed by atoms with Gasteiger partial charge in [-0.15, -0.1) is 0 Å². The van der Waals surface area contributed by atoms with Crippen LogP contribution >= 0.6 is 0 Å². The monoisotopic (exact) mass is 290 g/mol. The van der Waals surface area contributed by atoms with E-state index < -0.39 is 11.7 Å². The Bertz CT molecular complexity index is 540. The second-order valence-corrected chi connectivity index (χ2v) is 7.49. The van der Waals surface area contributed by atoms with Gasteiger partial charge in [-0.1, -0.05) is 26.0 Å². The van der Waals surface area contributed by atoms with E-state index >= 15 is 0 Å². The minimum absolute atomic E-state index is 0.112. The quantitative estimate of drug-likeness (QED) is 0.890. The molecule has 0 heterocycles. The molecule has 4 nitrogen and oxygen atoms in total. The highest BCUT2D eigenvalue weighted by molar-refractivity contribution is 5.85. The lowest BCUT2D eigenvalue weighted by atomic mass is 9.76. The Morgan fingerprint density at radius 1 is 1.24 bits per heavy atom. The summed E-state index contributed by atoms with van der Waals surface area (Å²) in [6, 6.07) is 7.85. The Morgan fingerprint density at radius 2 is 1.86 bits per heavy atom. The van der Waals surface area contributed by atoms with E-state index in [1.807, 2.05) is 39.0 Å². The first-order chi connectivity index (χ1) is 9.53. The van der Waals surface area contributed by atoms with Gasteiger partial charge in [-0.05, 0) is 51.3 Å². The number of carbonyl (C=O) groups excluding carboxylic acids is 1. The van der Waals surface area contributed by atoms with Gasteiger partial charge in [0.25, 0.3) is 0 Å². The van der Waals surface area contributed by atoms with Crippen LogP contribution in [0.3, 0.4) is 0 Å². The topological polar surface area (TPSA) is 64.3 Å². The van der Waals surface area contributed by atoms with Crippen LogP contribution in [-0.2, 0) is 10.2 Å². The van der Waals surface area contributed by atoms with Gasteiger partial charge in [0.15, 0.2) is 0 Å². The molecule has 4 heteroatoms. The number of ether oxygens (including phenoxy) is 1. The largest absolute Gasteiger partial charge is 0.444 e. The molecular weight excluding hydrogens is 264 g/mol. The van der Waals surface area contributed by atoms with Crippen molar-refractivity contribution in [1.82, 2.24) is 0 Å². The second-order valence-electron chi connectivity index (χ2n) is 7.49. The van der Waals surface area contributed by atoms with Crippen LogP contribution in [0.1, 0.15) is 53.0 Å². The molecule has 0 bridgehead atoms. The predicted molar refractivity (Wildman–Crippen MR) is 85.5 cm³/mol. The van der Waals surface area contributed by atoms with Crippen LogP contribution in [-0.4, -0.2) is 17.2 Å². The third kappa shape index (κ3) is 3.56. The maximum Gasteiger partial charge on any atom is 0.412 e. The van der Waals surface area contributed by atoms with Gasteiger partial charge in [0.2, 0.25) is 0 Å². The molecule has 1 saturated carbocycles. The maximum atomic E-state index is 11.8. The SMILES string of the molecule is CC(C)(C)OC(=O)Nc1cccc(C(C)(C)C2(N)CC2)c1. The molecule has 1 aromatic carbocycles. The van der Waals surface area contributed by atoms with Crippen LogP contribution in [0.25, 0.3) is 0 Å². The summed E-state index contributed by atoms with van der Waals surface area (Å²) >= 11 is 0. The standard InChI is InChI=1S/C17H26N2O2/c1-15(2,3)21-14(20)19-13-8-6-7-12(11-13)16(4,5)17(18)9-10-17/h6-8,11H,9-10,18H2,1-5H3,(H,19,20). The van der Waals surface area contributed by atoms with Crippen molar-refractivity contribution in [3.63, 3.8) is 0 Å². The van der Waals surface area contributed by atoms with Gasteiger partial charge in [0.05, 0.1) is 0 Å². The molecule has 0 aliphatic heterocycles. The molecule has 0 unspecified atom stereocenters. The number of amides is 1. The molecule has 2 rings (SSSR count). The summed E-state index contributed by atoms with van der Waals surface area (Å²) in [7, 11) is 0. The van der Waals surface area contributed by atoms with Gasteiger partial charge in [0, 0.05) is 16.6 Å². The minimum atomic E-state index is -0.504. The summed E-state index contributed by atoms with van der Waals surface area (Å²) in [6.07, 6.45) is 1.65. The number of nitrogens with one attached hydrogen (secondary N) is 1. The molecule has 116 valence electrons. The fraction of sp³-hybridized carbons (Fsp3) is 0.588. The Labute approximate surface area is 127 Å². The average Bonchev–Trinajstić information content (AvgIpc) is 3.06. The highest BCUT2D eigenvalue weighted by Crippen LogP contribution is 2.49. The van der Waals surface area contributed by atoms with Gasteiger partial charge >= 0.3 is 6.09 Å². The lowest BCUT2D eigenvalue weighted by Gasteiger charge is -2.33. The number of benzene rings is 1.